The summed E-state index contributed by atoms with van der Waals surface area (Å²) in [6, 6.07) is 0.773. The highest BCUT2D eigenvalue weighted by Crippen LogP contribution is 2.37. The predicted octanol–water partition coefficient (Wildman–Crippen LogP) is 4.47. The highest BCUT2D eigenvalue weighted by Gasteiger charge is 2.38. The first-order chi connectivity index (χ1) is 9.79. The molecule has 0 aliphatic carbocycles. The molecule has 1 heterocycles. The Morgan fingerprint density at radius 2 is 1.70 bits per heavy atom. The second-order valence-electron chi connectivity index (χ2n) is 4.88. The van der Waals surface area contributed by atoms with Gasteiger partial charge in [0.15, 0.2) is 0 Å². The van der Waals surface area contributed by atoms with Gasteiger partial charge in [0.25, 0.3) is 0 Å². The quantitative estimate of drug-likeness (QED) is 0.545. The lowest BCUT2D eigenvalue weighted by molar-refractivity contribution is -0.149. The Morgan fingerprint density at radius 3 is 2.22 bits per heavy atom. The molecule has 0 aromatic heterocycles. The zero-order valence-corrected chi connectivity index (χ0v) is 15.0. The zero-order valence-electron chi connectivity index (χ0n) is 11.8. The van der Waals surface area contributed by atoms with Crippen LogP contribution in [0.5, 0.6) is 0 Å². The molecule has 1 aliphatic heterocycles. The number of alkyl halides is 3. The predicted molar refractivity (Wildman–Crippen MR) is 86.4 cm³/mol. The van der Waals surface area contributed by atoms with E-state index in [0.29, 0.717) is 26.2 Å². The maximum absolute atomic E-state index is 14.1. The van der Waals surface area contributed by atoms with Crippen LogP contribution in [0.25, 0.3) is 0 Å². The minimum absolute atomic E-state index is 0. The lowest BCUT2D eigenvalue weighted by atomic mass is 9.99. The summed E-state index contributed by atoms with van der Waals surface area (Å²) >= 11 is 2.90. The molecule has 134 valence electrons. The van der Waals surface area contributed by atoms with Crippen molar-refractivity contribution in [1.82, 2.24) is 10.2 Å². The van der Waals surface area contributed by atoms with Gasteiger partial charge in [0, 0.05) is 37.8 Å². The number of halogens is 8. The van der Waals surface area contributed by atoms with Crippen molar-refractivity contribution < 1.29 is 22.0 Å². The summed E-state index contributed by atoms with van der Waals surface area (Å²) < 4.78 is 66.5. The van der Waals surface area contributed by atoms with Gasteiger partial charge >= 0.3 is 6.18 Å². The molecule has 0 spiro atoms. The number of nitrogens with one attached hydrogen (secondary N) is 1. The van der Waals surface area contributed by atoms with Crippen LogP contribution < -0.4 is 5.32 Å². The van der Waals surface area contributed by atoms with Gasteiger partial charge in [-0.15, -0.1) is 24.8 Å². The second-order valence-corrected chi connectivity index (χ2v) is 5.73. The topological polar surface area (TPSA) is 15.3 Å². The Hall–Kier alpha value is -0.150. The van der Waals surface area contributed by atoms with Gasteiger partial charge in [0.2, 0.25) is 0 Å². The third-order valence-electron chi connectivity index (χ3n) is 3.43. The fourth-order valence-corrected chi connectivity index (χ4v) is 2.82. The molecular weight excluding hydrogens is 430 g/mol. The second kappa shape index (κ2) is 9.36. The average Bonchev–Trinajstić information content (AvgIpc) is 2.42. The summed E-state index contributed by atoms with van der Waals surface area (Å²) in [6.07, 6.45) is -5.78. The maximum atomic E-state index is 14.1. The Morgan fingerprint density at radius 1 is 1.13 bits per heavy atom. The normalized spacial score (nSPS) is 17.1. The molecule has 0 unspecified atom stereocenters. The molecule has 0 bridgehead atoms. The molecular formula is C13H16BrCl2F5N2. The van der Waals surface area contributed by atoms with Crippen molar-refractivity contribution in [3.63, 3.8) is 0 Å². The van der Waals surface area contributed by atoms with E-state index in [1.807, 2.05) is 0 Å². The lowest BCUT2D eigenvalue weighted by Gasteiger charge is -2.36. The molecule has 1 fully saturated rings. The number of rotatable bonds is 3. The molecule has 0 amide bonds. The number of piperazine rings is 1. The first kappa shape index (κ1) is 22.9. The van der Waals surface area contributed by atoms with Crippen molar-refractivity contribution in [2.45, 2.75) is 18.6 Å². The zero-order chi connectivity index (χ0) is 15.6. The maximum Gasteiger partial charge on any atom is 0.390 e. The smallest absolute Gasteiger partial charge is 0.314 e. The summed E-state index contributed by atoms with van der Waals surface area (Å²) in [5, 5.41) is 3.00. The standard InChI is InChI=1S/C13H14BrF5N2.2ClH/c14-8-1-2-9(15)11(12(8)16)10(7-13(17,18)19)21-5-3-20-4-6-21;;/h1-2,10,20H,3-7H2;2*1H/t10-;;/m1../s1. The van der Waals surface area contributed by atoms with Gasteiger partial charge in [0.05, 0.1) is 10.9 Å². The fraction of sp³-hybridized carbons (Fsp3) is 0.538. The molecule has 1 N–H and O–H groups in total. The van der Waals surface area contributed by atoms with E-state index in [-0.39, 0.29) is 29.3 Å². The van der Waals surface area contributed by atoms with Crippen LogP contribution >= 0.6 is 40.7 Å². The van der Waals surface area contributed by atoms with E-state index in [1.165, 1.54) is 4.90 Å². The van der Waals surface area contributed by atoms with E-state index < -0.39 is 35.8 Å². The minimum Gasteiger partial charge on any atom is -0.314 e. The van der Waals surface area contributed by atoms with Crippen molar-refractivity contribution in [1.29, 1.82) is 0 Å². The summed E-state index contributed by atoms with van der Waals surface area (Å²) in [6.45, 7) is 1.61. The molecule has 2 nitrogen and oxygen atoms in total. The summed E-state index contributed by atoms with van der Waals surface area (Å²) in [5.41, 5.74) is -0.524. The van der Waals surface area contributed by atoms with E-state index in [2.05, 4.69) is 21.2 Å². The SMILES string of the molecule is Cl.Cl.Fc1ccc(Br)c(F)c1[C@@H](CC(F)(F)F)N1CCNCC1. The average molecular weight is 446 g/mol. The highest BCUT2D eigenvalue weighted by molar-refractivity contribution is 9.10. The van der Waals surface area contributed by atoms with Gasteiger partial charge in [-0.05, 0) is 28.1 Å². The van der Waals surface area contributed by atoms with Crippen LogP contribution in [0.3, 0.4) is 0 Å². The molecule has 0 radical (unpaired) electrons. The van der Waals surface area contributed by atoms with E-state index >= 15 is 0 Å². The molecule has 0 saturated carbocycles. The Kier molecular flexibility index (Phi) is 9.30. The van der Waals surface area contributed by atoms with Crippen LogP contribution in [0.15, 0.2) is 16.6 Å². The molecule has 1 atom stereocenters. The number of benzene rings is 1. The van der Waals surface area contributed by atoms with Crippen molar-refractivity contribution in [3.8, 4) is 0 Å². The summed E-state index contributed by atoms with van der Waals surface area (Å²) in [7, 11) is 0. The van der Waals surface area contributed by atoms with E-state index in [9.17, 15) is 22.0 Å². The molecule has 1 saturated heterocycles. The van der Waals surface area contributed by atoms with Crippen molar-refractivity contribution in [3.05, 3.63) is 33.8 Å². The van der Waals surface area contributed by atoms with Crippen molar-refractivity contribution in [2.75, 3.05) is 26.2 Å². The summed E-state index contributed by atoms with van der Waals surface area (Å²) in [5.74, 6) is -1.92. The van der Waals surface area contributed by atoms with Gasteiger partial charge in [-0.3, -0.25) is 4.90 Å². The van der Waals surface area contributed by atoms with Crippen LogP contribution in [-0.2, 0) is 0 Å². The number of hydrogen-bond donors (Lipinski definition) is 1. The van der Waals surface area contributed by atoms with E-state index in [1.54, 1.807) is 0 Å². The third-order valence-corrected chi connectivity index (χ3v) is 4.04. The fourth-order valence-electron chi connectivity index (χ4n) is 2.47. The van der Waals surface area contributed by atoms with Crippen LogP contribution in [0, 0.1) is 11.6 Å². The van der Waals surface area contributed by atoms with Gasteiger partial charge in [-0.2, -0.15) is 13.2 Å². The Balaban J connectivity index is 0.00000242. The number of nitrogens with zero attached hydrogens (tertiary/aromatic N) is 1. The van der Waals surface area contributed by atoms with E-state index in [4.69, 9.17) is 0 Å². The van der Waals surface area contributed by atoms with Gasteiger partial charge in [-0.1, -0.05) is 0 Å². The lowest BCUT2D eigenvalue weighted by Crippen LogP contribution is -2.46. The van der Waals surface area contributed by atoms with Crippen LogP contribution in [0.4, 0.5) is 22.0 Å². The monoisotopic (exact) mass is 444 g/mol. The molecule has 2 rings (SSSR count). The molecule has 1 aromatic carbocycles. The van der Waals surface area contributed by atoms with Gasteiger partial charge < -0.3 is 5.32 Å². The molecule has 23 heavy (non-hydrogen) atoms. The van der Waals surface area contributed by atoms with E-state index in [0.717, 1.165) is 12.1 Å². The molecule has 1 aliphatic rings. The molecule has 1 aromatic rings. The first-order valence-corrected chi connectivity index (χ1v) is 7.24. The van der Waals surface area contributed by atoms with Crippen LogP contribution in [0.2, 0.25) is 0 Å². The first-order valence-electron chi connectivity index (χ1n) is 6.44. The Labute approximate surface area is 151 Å². The van der Waals surface area contributed by atoms with Crippen molar-refractivity contribution >= 4 is 40.7 Å². The largest absolute Gasteiger partial charge is 0.390 e. The Bertz CT molecular complexity index is 510. The minimum atomic E-state index is -4.50. The van der Waals surface area contributed by atoms with Crippen molar-refractivity contribution in [2.24, 2.45) is 0 Å². The van der Waals surface area contributed by atoms with Crippen LogP contribution in [0.1, 0.15) is 18.0 Å². The molecule has 10 heteroatoms. The van der Waals surface area contributed by atoms with Crippen LogP contribution in [-0.4, -0.2) is 37.3 Å². The number of hydrogen-bond acceptors (Lipinski definition) is 2. The summed E-state index contributed by atoms with van der Waals surface area (Å²) in [4.78, 5) is 1.47. The third kappa shape index (κ3) is 6.01. The van der Waals surface area contributed by atoms with Gasteiger partial charge in [0.1, 0.15) is 11.6 Å². The highest BCUT2D eigenvalue weighted by atomic mass is 79.9. The van der Waals surface area contributed by atoms with Gasteiger partial charge in [-0.25, -0.2) is 8.78 Å².